The van der Waals surface area contributed by atoms with Crippen molar-refractivity contribution in [3.8, 4) is 0 Å². The maximum Gasteiger partial charge on any atom is 0.273 e. The smallest absolute Gasteiger partial charge is 0.273 e. The molecule has 0 saturated carbocycles. The predicted octanol–water partition coefficient (Wildman–Crippen LogP) is 4.50. The van der Waals surface area contributed by atoms with Crippen LogP contribution in [0.5, 0.6) is 0 Å². The van der Waals surface area contributed by atoms with Gasteiger partial charge in [0.25, 0.3) is 5.69 Å². The van der Waals surface area contributed by atoms with Crippen molar-refractivity contribution >= 4 is 34.8 Å². The van der Waals surface area contributed by atoms with Gasteiger partial charge in [-0.15, -0.1) is 0 Å². The minimum atomic E-state index is -0.700. The van der Waals surface area contributed by atoms with E-state index in [0.29, 0.717) is 15.6 Å². The molecule has 24 heavy (non-hydrogen) atoms. The molecule has 0 bridgehead atoms. The fraction of sp³-hybridized carbons (Fsp3) is 0.235. The molecular weight excluding hydrogens is 351 g/mol. The molecule has 0 aliphatic rings. The SMILES string of the molecule is CC(C)(NC(=O)Cc1ccccc1[N+](=O)[O-])c1ccc(Cl)c(Cl)c1. The van der Waals surface area contributed by atoms with Crippen LogP contribution < -0.4 is 5.32 Å². The van der Waals surface area contributed by atoms with Crippen molar-refractivity contribution in [3.63, 3.8) is 0 Å². The summed E-state index contributed by atoms with van der Waals surface area (Å²) in [6, 6.07) is 11.3. The molecular formula is C17H16Cl2N2O3. The summed E-state index contributed by atoms with van der Waals surface area (Å²) in [4.78, 5) is 22.9. The number of carbonyl (C=O) groups excluding carboxylic acids is 1. The van der Waals surface area contributed by atoms with Gasteiger partial charge in [-0.05, 0) is 31.5 Å². The molecule has 126 valence electrons. The molecule has 0 atom stereocenters. The lowest BCUT2D eigenvalue weighted by atomic mass is 9.94. The van der Waals surface area contributed by atoms with Gasteiger partial charge in [0.2, 0.25) is 5.91 Å². The summed E-state index contributed by atoms with van der Waals surface area (Å²) < 4.78 is 0. The van der Waals surface area contributed by atoms with Crippen LogP contribution in [0.4, 0.5) is 5.69 Å². The lowest BCUT2D eigenvalue weighted by molar-refractivity contribution is -0.385. The molecule has 0 heterocycles. The molecule has 0 saturated heterocycles. The van der Waals surface area contributed by atoms with Gasteiger partial charge >= 0.3 is 0 Å². The number of nitrogens with one attached hydrogen (secondary N) is 1. The van der Waals surface area contributed by atoms with Crippen LogP contribution in [0.2, 0.25) is 10.0 Å². The number of nitrogens with zero attached hydrogens (tertiary/aromatic N) is 1. The largest absolute Gasteiger partial charge is 0.347 e. The molecule has 5 nitrogen and oxygen atoms in total. The second-order valence-corrected chi connectivity index (χ2v) is 6.68. The topological polar surface area (TPSA) is 72.2 Å². The first-order chi connectivity index (χ1) is 11.2. The molecule has 0 unspecified atom stereocenters. The first-order valence-electron chi connectivity index (χ1n) is 7.19. The maximum atomic E-state index is 12.3. The molecule has 2 aromatic rings. The van der Waals surface area contributed by atoms with Crippen molar-refractivity contribution in [3.05, 3.63) is 73.8 Å². The normalized spacial score (nSPS) is 11.2. The minimum absolute atomic E-state index is 0.0695. The number of hydrogen-bond acceptors (Lipinski definition) is 3. The third-order valence-corrected chi connectivity index (χ3v) is 4.37. The number of halogens is 2. The van der Waals surface area contributed by atoms with E-state index in [1.54, 1.807) is 36.4 Å². The van der Waals surface area contributed by atoms with Gasteiger partial charge in [-0.25, -0.2) is 0 Å². The van der Waals surface area contributed by atoms with E-state index in [9.17, 15) is 14.9 Å². The van der Waals surface area contributed by atoms with Gasteiger partial charge in [0.05, 0.1) is 26.9 Å². The van der Waals surface area contributed by atoms with Gasteiger partial charge in [0.1, 0.15) is 0 Å². The summed E-state index contributed by atoms with van der Waals surface area (Å²) in [5.41, 5.74) is 0.382. The van der Waals surface area contributed by atoms with Crippen LogP contribution in [0.3, 0.4) is 0 Å². The van der Waals surface area contributed by atoms with Crippen molar-refractivity contribution in [1.29, 1.82) is 0 Å². The Bertz CT molecular complexity index is 791. The van der Waals surface area contributed by atoms with Gasteiger partial charge in [-0.3, -0.25) is 14.9 Å². The van der Waals surface area contributed by atoms with Crippen molar-refractivity contribution in [2.24, 2.45) is 0 Å². The van der Waals surface area contributed by atoms with Crippen LogP contribution in [0, 0.1) is 10.1 Å². The van der Waals surface area contributed by atoms with Crippen LogP contribution in [-0.4, -0.2) is 10.8 Å². The molecule has 1 amide bonds. The van der Waals surface area contributed by atoms with Crippen molar-refractivity contribution < 1.29 is 9.72 Å². The second-order valence-electron chi connectivity index (χ2n) is 5.86. The Morgan fingerprint density at radius 2 is 1.83 bits per heavy atom. The second kappa shape index (κ2) is 7.20. The third kappa shape index (κ3) is 4.24. The zero-order valence-electron chi connectivity index (χ0n) is 13.2. The molecule has 0 aromatic heterocycles. The minimum Gasteiger partial charge on any atom is -0.347 e. The highest BCUT2D eigenvalue weighted by atomic mass is 35.5. The molecule has 1 N–H and O–H groups in total. The number of amides is 1. The van der Waals surface area contributed by atoms with Crippen molar-refractivity contribution in [2.75, 3.05) is 0 Å². The summed E-state index contributed by atoms with van der Waals surface area (Å²) in [6.07, 6.45) is -0.0814. The first kappa shape index (κ1) is 18.2. The van der Waals surface area contributed by atoms with Gasteiger partial charge in [-0.2, -0.15) is 0 Å². The van der Waals surface area contributed by atoms with Gasteiger partial charge in [-0.1, -0.05) is 47.5 Å². The Morgan fingerprint density at radius 1 is 1.17 bits per heavy atom. The van der Waals surface area contributed by atoms with Gasteiger partial charge in [0.15, 0.2) is 0 Å². The van der Waals surface area contributed by atoms with Gasteiger partial charge in [0, 0.05) is 11.6 Å². The summed E-state index contributed by atoms with van der Waals surface area (Å²) in [5.74, 6) is -0.319. The van der Waals surface area contributed by atoms with Crippen LogP contribution in [-0.2, 0) is 16.8 Å². The number of benzene rings is 2. The molecule has 2 rings (SSSR count). The van der Waals surface area contributed by atoms with E-state index in [2.05, 4.69) is 5.32 Å². The quantitative estimate of drug-likeness (QED) is 0.625. The maximum absolute atomic E-state index is 12.3. The highest BCUT2D eigenvalue weighted by Crippen LogP contribution is 2.28. The van der Waals surface area contributed by atoms with Crippen LogP contribution in [0.25, 0.3) is 0 Å². The van der Waals surface area contributed by atoms with E-state index in [-0.39, 0.29) is 18.0 Å². The molecule has 7 heteroatoms. The van der Waals surface area contributed by atoms with Crippen LogP contribution >= 0.6 is 23.2 Å². The molecule has 0 spiro atoms. The first-order valence-corrected chi connectivity index (χ1v) is 7.95. The molecule has 2 aromatic carbocycles. The van der Waals surface area contributed by atoms with Crippen molar-refractivity contribution in [2.45, 2.75) is 25.8 Å². The summed E-state index contributed by atoms with van der Waals surface area (Å²) >= 11 is 11.9. The Kier molecular flexibility index (Phi) is 5.47. The summed E-state index contributed by atoms with van der Waals surface area (Å²) in [6.45, 7) is 3.65. The number of hydrogen-bond donors (Lipinski definition) is 1. The highest BCUT2D eigenvalue weighted by molar-refractivity contribution is 6.42. The Hall–Kier alpha value is -2.11. The number of nitro benzene ring substituents is 1. The molecule has 0 fully saturated rings. The van der Waals surface area contributed by atoms with Crippen LogP contribution in [0.15, 0.2) is 42.5 Å². The average Bonchev–Trinajstić information content (AvgIpc) is 2.49. The zero-order chi connectivity index (χ0) is 17.9. The van der Waals surface area contributed by atoms with Crippen LogP contribution in [0.1, 0.15) is 25.0 Å². The van der Waals surface area contributed by atoms with E-state index >= 15 is 0 Å². The summed E-state index contributed by atoms with van der Waals surface area (Å²) in [5, 5.41) is 14.7. The fourth-order valence-electron chi connectivity index (χ4n) is 2.36. The monoisotopic (exact) mass is 366 g/mol. The van der Waals surface area contributed by atoms with E-state index in [1.807, 2.05) is 13.8 Å². The molecule has 0 aliphatic heterocycles. The Balaban J connectivity index is 2.16. The van der Waals surface area contributed by atoms with E-state index in [0.717, 1.165) is 5.56 Å². The molecule has 0 aliphatic carbocycles. The number of para-hydroxylation sites is 1. The van der Waals surface area contributed by atoms with E-state index < -0.39 is 10.5 Å². The lowest BCUT2D eigenvalue weighted by Crippen LogP contribution is -2.41. The third-order valence-electron chi connectivity index (χ3n) is 3.63. The van der Waals surface area contributed by atoms with Gasteiger partial charge < -0.3 is 5.32 Å². The number of rotatable bonds is 5. The fourth-order valence-corrected chi connectivity index (χ4v) is 2.66. The zero-order valence-corrected chi connectivity index (χ0v) is 14.7. The predicted molar refractivity (Wildman–Crippen MR) is 94.4 cm³/mol. The molecule has 0 radical (unpaired) electrons. The Morgan fingerprint density at radius 3 is 2.46 bits per heavy atom. The van der Waals surface area contributed by atoms with E-state index in [4.69, 9.17) is 23.2 Å². The standard InChI is InChI=1S/C17H16Cl2N2O3/c1-17(2,12-7-8-13(18)14(19)10-12)20-16(22)9-11-5-3-4-6-15(11)21(23)24/h3-8,10H,9H2,1-2H3,(H,20,22). The highest BCUT2D eigenvalue weighted by Gasteiger charge is 2.25. The van der Waals surface area contributed by atoms with Crippen molar-refractivity contribution in [1.82, 2.24) is 5.32 Å². The Labute approximate surface area is 149 Å². The van der Waals surface area contributed by atoms with E-state index in [1.165, 1.54) is 6.07 Å². The summed E-state index contributed by atoms with van der Waals surface area (Å²) in [7, 11) is 0. The number of nitro groups is 1. The number of carbonyl (C=O) groups is 1. The average molecular weight is 367 g/mol. The lowest BCUT2D eigenvalue weighted by Gasteiger charge is -2.27.